The summed E-state index contributed by atoms with van der Waals surface area (Å²) in [7, 11) is 1.64. The van der Waals surface area contributed by atoms with Crippen molar-refractivity contribution in [2.24, 2.45) is 5.92 Å². The molecule has 4 nitrogen and oxygen atoms in total. The highest BCUT2D eigenvalue weighted by atomic mass is 16.5. The van der Waals surface area contributed by atoms with Crippen LogP contribution >= 0.6 is 0 Å². The van der Waals surface area contributed by atoms with E-state index in [0.717, 1.165) is 25.1 Å². The lowest BCUT2D eigenvalue weighted by Gasteiger charge is -2.24. The normalized spacial score (nSPS) is 14.1. The number of nitrogens with zero attached hydrogens (tertiary/aromatic N) is 2. The van der Waals surface area contributed by atoms with Gasteiger partial charge in [0.25, 0.3) is 0 Å². The first-order chi connectivity index (χ1) is 9.21. The summed E-state index contributed by atoms with van der Waals surface area (Å²) >= 11 is 0. The lowest BCUT2D eigenvalue weighted by Crippen LogP contribution is -2.37. The minimum Gasteiger partial charge on any atom is -0.481 e. The minimum absolute atomic E-state index is 0.472. The van der Waals surface area contributed by atoms with Crippen molar-refractivity contribution in [3.05, 3.63) is 18.1 Å². The van der Waals surface area contributed by atoms with Crippen LogP contribution in [0.3, 0.4) is 0 Å². The molecule has 1 aromatic heterocycles. The number of methoxy groups -OCH3 is 1. The van der Waals surface area contributed by atoms with Crippen molar-refractivity contribution in [1.29, 1.82) is 0 Å². The first-order valence-corrected chi connectivity index (χ1v) is 7.29. The van der Waals surface area contributed by atoms with Gasteiger partial charge in [0, 0.05) is 24.2 Å². The molecular formula is C15H27N3O. The molecule has 0 aliphatic heterocycles. The molecule has 4 heteroatoms. The van der Waals surface area contributed by atoms with Gasteiger partial charge in [-0.2, -0.15) is 0 Å². The van der Waals surface area contributed by atoms with Crippen LogP contribution in [0.15, 0.2) is 12.4 Å². The molecule has 1 aromatic rings. The zero-order chi connectivity index (χ0) is 14.1. The van der Waals surface area contributed by atoms with Crippen molar-refractivity contribution < 1.29 is 4.74 Å². The van der Waals surface area contributed by atoms with E-state index >= 15 is 0 Å². The number of aromatic nitrogens is 2. The van der Waals surface area contributed by atoms with E-state index in [2.05, 4.69) is 36.1 Å². The van der Waals surface area contributed by atoms with Gasteiger partial charge >= 0.3 is 0 Å². The summed E-state index contributed by atoms with van der Waals surface area (Å²) in [6.07, 6.45) is 6.13. The number of hydrogen-bond acceptors (Lipinski definition) is 4. The van der Waals surface area contributed by atoms with Crippen molar-refractivity contribution in [2.45, 2.75) is 52.5 Å². The maximum Gasteiger partial charge on any atom is 0.216 e. The predicted molar refractivity (Wildman–Crippen MR) is 78.4 cm³/mol. The molecule has 2 atom stereocenters. The Balaban J connectivity index is 2.68. The third-order valence-corrected chi connectivity index (χ3v) is 3.42. The standard InChI is InChI=1S/C15H27N3O/c1-5-7-12(3)14(16-8-6-2)9-13-10-15(19-4)18-11-17-13/h10-12,14,16H,5-9H2,1-4H3. The van der Waals surface area contributed by atoms with Crippen LogP contribution in [0.4, 0.5) is 0 Å². The fourth-order valence-electron chi connectivity index (χ4n) is 2.29. The molecule has 0 aliphatic rings. The average Bonchev–Trinajstić information content (AvgIpc) is 2.43. The Hall–Kier alpha value is -1.16. The second kappa shape index (κ2) is 8.86. The average molecular weight is 265 g/mol. The van der Waals surface area contributed by atoms with Gasteiger partial charge in [-0.05, 0) is 25.3 Å². The zero-order valence-corrected chi connectivity index (χ0v) is 12.6. The van der Waals surface area contributed by atoms with E-state index in [4.69, 9.17) is 4.74 Å². The van der Waals surface area contributed by atoms with E-state index in [0.29, 0.717) is 17.8 Å². The van der Waals surface area contributed by atoms with Crippen LogP contribution in [0.2, 0.25) is 0 Å². The van der Waals surface area contributed by atoms with E-state index in [9.17, 15) is 0 Å². The van der Waals surface area contributed by atoms with Gasteiger partial charge in [0.1, 0.15) is 6.33 Å². The molecule has 0 fully saturated rings. The predicted octanol–water partition coefficient (Wildman–Crippen LogP) is 2.83. The smallest absolute Gasteiger partial charge is 0.216 e. The molecule has 0 spiro atoms. The lowest BCUT2D eigenvalue weighted by molar-refractivity contribution is 0.348. The van der Waals surface area contributed by atoms with E-state index in [1.54, 1.807) is 13.4 Å². The van der Waals surface area contributed by atoms with E-state index in [1.807, 2.05) is 6.07 Å². The molecule has 108 valence electrons. The Morgan fingerprint density at radius 2 is 2.05 bits per heavy atom. The van der Waals surface area contributed by atoms with E-state index < -0.39 is 0 Å². The van der Waals surface area contributed by atoms with Crippen LogP contribution in [0, 0.1) is 5.92 Å². The Morgan fingerprint density at radius 1 is 1.26 bits per heavy atom. The molecule has 1 heterocycles. The number of rotatable bonds is 9. The summed E-state index contributed by atoms with van der Waals surface area (Å²) in [5.74, 6) is 1.29. The topological polar surface area (TPSA) is 47.0 Å². The summed E-state index contributed by atoms with van der Waals surface area (Å²) in [6.45, 7) is 7.81. The summed E-state index contributed by atoms with van der Waals surface area (Å²) in [5, 5.41) is 3.64. The van der Waals surface area contributed by atoms with Crippen molar-refractivity contribution in [1.82, 2.24) is 15.3 Å². The molecule has 0 saturated carbocycles. The van der Waals surface area contributed by atoms with Crippen LogP contribution in [0.5, 0.6) is 5.88 Å². The second-order valence-electron chi connectivity index (χ2n) is 5.08. The van der Waals surface area contributed by atoms with Gasteiger partial charge in [-0.15, -0.1) is 0 Å². The van der Waals surface area contributed by atoms with Crippen molar-refractivity contribution in [3.8, 4) is 5.88 Å². The first kappa shape index (κ1) is 15.9. The summed E-state index contributed by atoms with van der Waals surface area (Å²) in [5.41, 5.74) is 1.04. The first-order valence-electron chi connectivity index (χ1n) is 7.29. The maximum atomic E-state index is 5.15. The van der Waals surface area contributed by atoms with Gasteiger partial charge in [-0.25, -0.2) is 9.97 Å². The molecule has 0 amide bonds. The van der Waals surface area contributed by atoms with E-state index in [-0.39, 0.29) is 0 Å². The van der Waals surface area contributed by atoms with Gasteiger partial charge in [-0.1, -0.05) is 27.2 Å². The minimum atomic E-state index is 0.472. The van der Waals surface area contributed by atoms with E-state index in [1.165, 1.54) is 12.8 Å². The number of ether oxygens (including phenoxy) is 1. The zero-order valence-electron chi connectivity index (χ0n) is 12.6. The van der Waals surface area contributed by atoms with Crippen LogP contribution in [0.25, 0.3) is 0 Å². The Morgan fingerprint density at radius 3 is 2.68 bits per heavy atom. The Kier molecular flexibility index (Phi) is 7.41. The highest BCUT2D eigenvalue weighted by molar-refractivity contribution is 5.14. The molecule has 0 bridgehead atoms. The molecule has 1 N–H and O–H groups in total. The van der Waals surface area contributed by atoms with Crippen LogP contribution in [0.1, 0.15) is 45.7 Å². The highest BCUT2D eigenvalue weighted by Crippen LogP contribution is 2.16. The monoisotopic (exact) mass is 265 g/mol. The molecule has 0 aromatic carbocycles. The largest absolute Gasteiger partial charge is 0.481 e. The van der Waals surface area contributed by atoms with Crippen molar-refractivity contribution in [3.63, 3.8) is 0 Å². The van der Waals surface area contributed by atoms with Crippen LogP contribution < -0.4 is 10.1 Å². The Labute approximate surface area is 117 Å². The molecule has 1 rings (SSSR count). The van der Waals surface area contributed by atoms with Crippen molar-refractivity contribution >= 4 is 0 Å². The maximum absolute atomic E-state index is 5.15. The quantitative estimate of drug-likeness (QED) is 0.746. The molecular weight excluding hydrogens is 238 g/mol. The Bertz CT molecular complexity index is 357. The third-order valence-electron chi connectivity index (χ3n) is 3.42. The van der Waals surface area contributed by atoms with Crippen LogP contribution in [-0.2, 0) is 6.42 Å². The molecule has 0 radical (unpaired) electrons. The molecule has 0 saturated heterocycles. The van der Waals surface area contributed by atoms with Gasteiger partial charge in [0.15, 0.2) is 0 Å². The summed E-state index contributed by atoms with van der Waals surface area (Å²) in [6, 6.07) is 2.40. The molecule has 0 aliphatic carbocycles. The summed E-state index contributed by atoms with van der Waals surface area (Å²) in [4.78, 5) is 8.40. The number of nitrogens with one attached hydrogen (secondary N) is 1. The van der Waals surface area contributed by atoms with Crippen LogP contribution in [-0.4, -0.2) is 29.7 Å². The number of hydrogen-bond donors (Lipinski definition) is 1. The SMILES string of the molecule is CCCNC(Cc1cc(OC)ncn1)C(C)CCC. The summed E-state index contributed by atoms with van der Waals surface area (Å²) < 4.78 is 5.15. The fourth-order valence-corrected chi connectivity index (χ4v) is 2.29. The van der Waals surface area contributed by atoms with Gasteiger partial charge in [-0.3, -0.25) is 0 Å². The molecule has 19 heavy (non-hydrogen) atoms. The highest BCUT2D eigenvalue weighted by Gasteiger charge is 2.17. The van der Waals surface area contributed by atoms with Gasteiger partial charge in [0.05, 0.1) is 7.11 Å². The fraction of sp³-hybridized carbons (Fsp3) is 0.733. The van der Waals surface area contributed by atoms with Crippen molar-refractivity contribution in [2.75, 3.05) is 13.7 Å². The third kappa shape index (κ3) is 5.55. The van der Waals surface area contributed by atoms with Gasteiger partial charge in [0.2, 0.25) is 5.88 Å². The lowest BCUT2D eigenvalue weighted by atomic mass is 9.93. The second-order valence-corrected chi connectivity index (χ2v) is 5.08. The molecule has 2 unspecified atom stereocenters. The van der Waals surface area contributed by atoms with Gasteiger partial charge < -0.3 is 10.1 Å².